The number of nitrogens with one attached hydrogen (secondary N) is 1. The van der Waals surface area contributed by atoms with Gasteiger partial charge in [-0.15, -0.1) is 0 Å². The molecular weight excluding hydrogens is 286 g/mol. The van der Waals surface area contributed by atoms with E-state index in [1.165, 1.54) is 6.42 Å². The second kappa shape index (κ2) is 8.07. The average molecular weight is 306 g/mol. The smallest absolute Gasteiger partial charge is 0.227 e. The van der Waals surface area contributed by atoms with Crippen LogP contribution in [0.1, 0.15) is 44.1 Å². The maximum Gasteiger partial charge on any atom is 0.227 e. The zero-order valence-electron chi connectivity index (χ0n) is 12.0. The second-order valence-corrected chi connectivity index (χ2v) is 5.73. The molecule has 1 saturated carbocycles. The van der Waals surface area contributed by atoms with E-state index in [0.717, 1.165) is 31.2 Å². The molecule has 0 aliphatic heterocycles. The molecule has 0 saturated heterocycles. The Bertz CT molecular complexity index is 554. The van der Waals surface area contributed by atoms with Gasteiger partial charge in [0.2, 0.25) is 5.91 Å². The number of aliphatic hydroxyl groups excluding tert-OH is 1. The van der Waals surface area contributed by atoms with Crippen LogP contribution in [-0.2, 0) is 4.79 Å². The van der Waals surface area contributed by atoms with Gasteiger partial charge in [-0.25, -0.2) is 0 Å². The molecule has 1 aliphatic rings. The molecule has 1 aromatic rings. The molecule has 21 heavy (non-hydrogen) atoms. The fourth-order valence-electron chi connectivity index (χ4n) is 2.54. The number of amides is 1. The van der Waals surface area contributed by atoms with Crippen molar-refractivity contribution in [2.75, 3.05) is 11.9 Å². The van der Waals surface area contributed by atoms with Crippen LogP contribution < -0.4 is 5.32 Å². The summed E-state index contributed by atoms with van der Waals surface area (Å²) >= 11 is 6.01. The van der Waals surface area contributed by atoms with E-state index >= 15 is 0 Å². The van der Waals surface area contributed by atoms with Crippen LogP contribution in [0, 0.1) is 17.8 Å². The standard InChI is InChI=1S/C17H20ClNO2/c18-15-10-9-13(6-4-5-11-20)16(12-15)19-17(21)14-7-2-1-3-8-14/h9-10,12,14,20H,1-3,5,7-8,11H2,(H,19,21). The summed E-state index contributed by atoms with van der Waals surface area (Å²) in [5, 5.41) is 12.3. The van der Waals surface area contributed by atoms with Crippen molar-refractivity contribution in [3.05, 3.63) is 28.8 Å². The van der Waals surface area contributed by atoms with Crippen LogP contribution in [0.4, 0.5) is 5.69 Å². The summed E-state index contributed by atoms with van der Waals surface area (Å²) < 4.78 is 0. The van der Waals surface area contributed by atoms with Gasteiger partial charge < -0.3 is 10.4 Å². The predicted molar refractivity (Wildman–Crippen MR) is 85.2 cm³/mol. The number of carbonyl (C=O) groups excluding carboxylic acids is 1. The Morgan fingerprint density at radius 2 is 2.10 bits per heavy atom. The van der Waals surface area contributed by atoms with E-state index in [1.54, 1.807) is 18.2 Å². The molecule has 112 valence electrons. The molecule has 0 atom stereocenters. The lowest BCUT2D eigenvalue weighted by Gasteiger charge is -2.21. The minimum atomic E-state index is 0.0321. The van der Waals surface area contributed by atoms with Crippen molar-refractivity contribution in [3.8, 4) is 11.8 Å². The highest BCUT2D eigenvalue weighted by Crippen LogP contribution is 2.26. The molecule has 0 unspecified atom stereocenters. The number of hydrogen-bond donors (Lipinski definition) is 2. The van der Waals surface area contributed by atoms with E-state index in [1.807, 2.05) is 0 Å². The number of anilines is 1. The van der Waals surface area contributed by atoms with Crippen LogP contribution in [0.15, 0.2) is 18.2 Å². The Morgan fingerprint density at radius 3 is 2.81 bits per heavy atom. The fourth-order valence-corrected chi connectivity index (χ4v) is 2.71. The van der Waals surface area contributed by atoms with Gasteiger partial charge in [-0.3, -0.25) is 4.79 Å². The Morgan fingerprint density at radius 1 is 1.33 bits per heavy atom. The lowest BCUT2D eigenvalue weighted by atomic mass is 9.88. The van der Waals surface area contributed by atoms with Gasteiger partial charge in [0.25, 0.3) is 0 Å². The van der Waals surface area contributed by atoms with Gasteiger partial charge >= 0.3 is 0 Å². The van der Waals surface area contributed by atoms with E-state index in [4.69, 9.17) is 16.7 Å². The first-order chi connectivity index (χ1) is 10.2. The third kappa shape index (κ3) is 4.77. The number of rotatable bonds is 3. The van der Waals surface area contributed by atoms with Crippen LogP contribution in [0.5, 0.6) is 0 Å². The van der Waals surface area contributed by atoms with Gasteiger partial charge in [0.15, 0.2) is 0 Å². The van der Waals surface area contributed by atoms with E-state index in [-0.39, 0.29) is 18.4 Å². The second-order valence-electron chi connectivity index (χ2n) is 5.29. The maximum absolute atomic E-state index is 12.3. The molecule has 0 bridgehead atoms. The zero-order valence-corrected chi connectivity index (χ0v) is 12.7. The summed E-state index contributed by atoms with van der Waals surface area (Å²) in [6.07, 6.45) is 5.79. The van der Waals surface area contributed by atoms with Crippen molar-refractivity contribution in [2.45, 2.75) is 38.5 Å². The largest absolute Gasteiger partial charge is 0.395 e. The molecule has 0 heterocycles. The molecule has 0 radical (unpaired) electrons. The summed E-state index contributed by atoms with van der Waals surface area (Å²) in [5.74, 6) is 5.99. The van der Waals surface area contributed by atoms with Gasteiger partial charge in [-0.05, 0) is 31.0 Å². The van der Waals surface area contributed by atoms with Gasteiger partial charge in [0, 0.05) is 22.9 Å². The summed E-state index contributed by atoms with van der Waals surface area (Å²) in [7, 11) is 0. The summed E-state index contributed by atoms with van der Waals surface area (Å²) in [6.45, 7) is 0.0321. The molecule has 4 heteroatoms. The zero-order chi connectivity index (χ0) is 15.1. The third-order valence-electron chi connectivity index (χ3n) is 3.68. The molecule has 0 aromatic heterocycles. The first-order valence-electron chi connectivity index (χ1n) is 7.41. The number of benzene rings is 1. The highest BCUT2D eigenvalue weighted by Gasteiger charge is 2.21. The van der Waals surface area contributed by atoms with Gasteiger partial charge in [0.05, 0.1) is 12.3 Å². The minimum Gasteiger partial charge on any atom is -0.395 e. The highest BCUT2D eigenvalue weighted by atomic mass is 35.5. The number of carbonyl (C=O) groups is 1. The maximum atomic E-state index is 12.3. The quantitative estimate of drug-likeness (QED) is 0.838. The van der Waals surface area contributed by atoms with Crippen LogP contribution in [0.25, 0.3) is 0 Å². The summed E-state index contributed by atoms with van der Waals surface area (Å²) in [5.41, 5.74) is 1.39. The minimum absolute atomic E-state index is 0.0321. The predicted octanol–water partition coefficient (Wildman–Crippen LogP) is 3.59. The highest BCUT2D eigenvalue weighted by molar-refractivity contribution is 6.31. The fraction of sp³-hybridized carbons (Fsp3) is 0.471. The molecule has 1 amide bonds. The van der Waals surface area contributed by atoms with Gasteiger partial charge in [-0.2, -0.15) is 0 Å². The van der Waals surface area contributed by atoms with Crippen molar-refractivity contribution >= 4 is 23.2 Å². The van der Waals surface area contributed by atoms with Crippen molar-refractivity contribution in [2.24, 2.45) is 5.92 Å². The monoisotopic (exact) mass is 305 g/mol. The van der Waals surface area contributed by atoms with E-state index in [0.29, 0.717) is 17.1 Å². The molecule has 2 N–H and O–H groups in total. The van der Waals surface area contributed by atoms with Crippen LogP contribution >= 0.6 is 11.6 Å². The molecule has 0 spiro atoms. The van der Waals surface area contributed by atoms with Crippen LogP contribution in [-0.4, -0.2) is 17.6 Å². The first-order valence-corrected chi connectivity index (χ1v) is 7.78. The Hall–Kier alpha value is -1.50. The van der Waals surface area contributed by atoms with E-state index in [2.05, 4.69) is 17.2 Å². The number of aliphatic hydroxyl groups is 1. The summed E-state index contributed by atoms with van der Waals surface area (Å²) in [4.78, 5) is 12.3. The van der Waals surface area contributed by atoms with Crippen molar-refractivity contribution in [1.82, 2.24) is 0 Å². The van der Waals surface area contributed by atoms with E-state index in [9.17, 15) is 4.79 Å². The lowest BCUT2D eigenvalue weighted by Crippen LogP contribution is -2.25. The van der Waals surface area contributed by atoms with Crippen LogP contribution in [0.2, 0.25) is 5.02 Å². The van der Waals surface area contributed by atoms with Crippen molar-refractivity contribution in [1.29, 1.82) is 0 Å². The van der Waals surface area contributed by atoms with Crippen LogP contribution in [0.3, 0.4) is 0 Å². The molecule has 1 fully saturated rings. The SMILES string of the molecule is O=C(Nc1cc(Cl)ccc1C#CCCO)C1CCCCC1. The summed E-state index contributed by atoms with van der Waals surface area (Å²) in [6, 6.07) is 5.27. The Balaban J connectivity index is 2.12. The van der Waals surface area contributed by atoms with Gasteiger partial charge in [-0.1, -0.05) is 42.7 Å². The Labute approximate surface area is 130 Å². The first kappa shape index (κ1) is 15.9. The normalized spacial score (nSPS) is 15.1. The van der Waals surface area contributed by atoms with Crippen molar-refractivity contribution in [3.63, 3.8) is 0 Å². The number of halogens is 1. The Kier molecular flexibility index (Phi) is 6.10. The molecular formula is C17H20ClNO2. The lowest BCUT2D eigenvalue weighted by molar-refractivity contribution is -0.120. The molecule has 1 aliphatic carbocycles. The number of hydrogen-bond acceptors (Lipinski definition) is 2. The molecule has 2 rings (SSSR count). The van der Waals surface area contributed by atoms with Gasteiger partial charge in [0.1, 0.15) is 0 Å². The molecule has 3 nitrogen and oxygen atoms in total. The van der Waals surface area contributed by atoms with E-state index < -0.39 is 0 Å². The average Bonchev–Trinajstić information content (AvgIpc) is 2.50. The third-order valence-corrected chi connectivity index (χ3v) is 3.91. The topological polar surface area (TPSA) is 49.3 Å². The molecule has 1 aromatic carbocycles. The van der Waals surface area contributed by atoms with Crippen molar-refractivity contribution < 1.29 is 9.90 Å².